The molecule has 0 aliphatic heterocycles. The van der Waals surface area contributed by atoms with Crippen molar-refractivity contribution in [1.82, 2.24) is 5.43 Å². The molecule has 0 unspecified atom stereocenters. The summed E-state index contributed by atoms with van der Waals surface area (Å²) in [6, 6.07) is 10.8. The van der Waals surface area contributed by atoms with Crippen LogP contribution in [0.2, 0.25) is 0 Å². The summed E-state index contributed by atoms with van der Waals surface area (Å²) in [6.45, 7) is 6.55. The van der Waals surface area contributed by atoms with Crippen molar-refractivity contribution in [3.63, 3.8) is 0 Å². The van der Waals surface area contributed by atoms with Gasteiger partial charge in [0.25, 0.3) is 0 Å². The van der Waals surface area contributed by atoms with Crippen LogP contribution >= 0.6 is 38.5 Å². The topological polar surface area (TPSA) is 73.1 Å². The first kappa shape index (κ1) is 21.4. The molecule has 6 nitrogen and oxygen atoms in total. The highest BCUT2D eigenvalue weighted by molar-refractivity contribution is 14.1. The summed E-state index contributed by atoms with van der Waals surface area (Å²) in [5.74, 6) is 1.21. The second kappa shape index (κ2) is 9.93. The zero-order valence-corrected chi connectivity index (χ0v) is 19.3. The third kappa shape index (κ3) is 5.39. The van der Waals surface area contributed by atoms with E-state index in [1.54, 1.807) is 30.5 Å². The van der Waals surface area contributed by atoms with E-state index in [-0.39, 0.29) is 5.76 Å². The van der Waals surface area contributed by atoms with Gasteiger partial charge in [0.15, 0.2) is 5.76 Å². The molecule has 0 atom stereocenters. The molecule has 1 amide bonds. The van der Waals surface area contributed by atoms with Gasteiger partial charge in [0.2, 0.25) is 0 Å². The molecule has 3 aromatic rings. The highest BCUT2D eigenvalue weighted by Gasteiger charge is 2.12. The Bertz CT molecular complexity index is 1050. The summed E-state index contributed by atoms with van der Waals surface area (Å²) in [6.07, 6.45) is 3.24. The van der Waals surface area contributed by atoms with E-state index in [9.17, 15) is 4.79 Å². The molecule has 2 aromatic carbocycles. The number of carbonyl (C=O) groups excluding carboxylic acids is 1. The Morgan fingerprint density at radius 3 is 2.86 bits per heavy atom. The van der Waals surface area contributed by atoms with E-state index in [1.165, 1.54) is 0 Å². The largest absolute Gasteiger partial charge is 0.494 e. The molecule has 0 aliphatic rings. The number of hydrogen-bond donors (Lipinski definition) is 1. The minimum Gasteiger partial charge on any atom is -0.494 e. The van der Waals surface area contributed by atoms with Gasteiger partial charge in [-0.05, 0) is 87.4 Å². The van der Waals surface area contributed by atoms with Crippen LogP contribution in [0, 0.1) is 3.57 Å². The number of nitrogens with one attached hydrogen (secondary N) is 1. The number of nitrogens with zero attached hydrogens (tertiary/aromatic N) is 1. The number of benzene rings is 2. The number of hydrogen-bond acceptors (Lipinski definition) is 5. The van der Waals surface area contributed by atoms with Gasteiger partial charge in [0.05, 0.1) is 20.9 Å². The van der Waals surface area contributed by atoms with Crippen LogP contribution in [0.1, 0.15) is 23.0 Å². The second-order valence-corrected chi connectivity index (χ2v) is 7.87. The molecule has 0 spiro atoms. The van der Waals surface area contributed by atoms with Crippen LogP contribution in [0.4, 0.5) is 0 Å². The number of fused-ring (bicyclic) bond motifs is 1. The number of ether oxygens (including phenoxy) is 2. The average Bonchev–Trinajstić information content (AvgIpc) is 3.11. The van der Waals surface area contributed by atoms with E-state index in [1.807, 2.05) is 25.1 Å². The average molecular weight is 569 g/mol. The van der Waals surface area contributed by atoms with Gasteiger partial charge >= 0.3 is 5.91 Å². The van der Waals surface area contributed by atoms with E-state index in [4.69, 9.17) is 13.9 Å². The maximum atomic E-state index is 12.3. The normalized spacial score (nSPS) is 11.0. The number of amides is 1. The van der Waals surface area contributed by atoms with Gasteiger partial charge in [0, 0.05) is 5.39 Å². The van der Waals surface area contributed by atoms with E-state index >= 15 is 0 Å². The lowest BCUT2D eigenvalue weighted by Crippen LogP contribution is -2.16. The maximum Gasteiger partial charge on any atom is 0.307 e. The van der Waals surface area contributed by atoms with Crippen LogP contribution in [0.3, 0.4) is 0 Å². The van der Waals surface area contributed by atoms with Crippen molar-refractivity contribution in [2.75, 3.05) is 13.2 Å². The number of rotatable bonds is 8. The standard InChI is InChI=1S/C21H18BrIN2O4/c1-3-7-28-20-16(22)8-13(9-17(20)23)12-24-25-21(26)19-11-14-10-15(27-4-2)5-6-18(14)29-19/h3,5-6,8-12H,1,4,7H2,2H3,(H,25,26)/b24-12+. The fourth-order valence-corrected chi connectivity index (χ4v) is 4.31. The molecule has 0 bridgehead atoms. The Balaban J connectivity index is 1.69. The Labute approximate surface area is 190 Å². The Morgan fingerprint density at radius 1 is 1.31 bits per heavy atom. The highest BCUT2D eigenvalue weighted by atomic mass is 127. The van der Waals surface area contributed by atoms with Gasteiger partial charge in [0.1, 0.15) is 23.7 Å². The van der Waals surface area contributed by atoms with Crippen LogP contribution in [-0.4, -0.2) is 25.3 Å². The van der Waals surface area contributed by atoms with Crippen LogP contribution in [0.15, 0.2) is 63.0 Å². The fraction of sp³-hybridized carbons (Fsp3) is 0.143. The number of furan rings is 1. The maximum absolute atomic E-state index is 12.3. The molecule has 150 valence electrons. The third-order valence-corrected chi connectivity index (χ3v) is 5.16. The quantitative estimate of drug-likeness (QED) is 0.168. The van der Waals surface area contributed by atoms with E-state index in [0.717, 1.165) is 30.5 Å². The first-order valence-electron chi connectivity index (χ1n) is 8.74. The van der Waals surface area contributed by atoms with E-state index < -0.39 is 5.91 Å². The van der Waals surface area contributed by atoms with Crippen molar-refractivity contribution in [1.29, 1.82) is 0 Å². The number of halogens is 2. The lowest BCUT2D eigenvalue weighted by Gasteiger charge is -2.09. The fourth-order valence-electron chi connectivity index (χ4n) is 2.54. The summed E-state index contributed by atoms with van der Waals surface area (Å²) >= 11 is 5.66. The van der Waals surface area contributed by atoms with Crippen molar-refractivity contribution >= 4 is 61.6 Å². The molecule has 1 N–H and O–H groups in total. The van der Waals surface area contributed by atoms with E-state index in [0.29, 0.717) is 18.8 Å². The van der Waals surface area contributed by atoms with Gasteiger partial charge in [-0.2, -0.15) is 5.10 Å². The van der Waals surface area contributed by atoms with Crippen molar-refractivity contribution in [3.8, 4) is 11.5 Å². The minimum absolute atomic E-state index is 0.176. The van der Waals surface area contributed by atoms with Gasteiger partial charge < -0.3 is 13.9 Å². The first-order valence-corrected chi connectivity index (χ1v) is 10.6. The zero-order chi connectivity index (χ0) is 20.8. The number of hydrazone groups is 1. The molecule has 1 heterocycles. The van der Waals surface area contributed by atoms with Crippen LogP contribution in [-0.2, 0) is 0 Å². The summed E-state index contributed by atoms with van der Waals surface area (Å²) in [5, 5.41) is 4.81. The van der Waals surface area contributed by atoms with Gasteiger partial charge in [-0.1, -0.05) is 12.7 Å². The second-order valence-electron chi connectivity index (χ2n) is 5.86. The van der Waals surface area contributed by atoms with Crippen LogP contribution in [0.25, 0.3) is 11.0 Å². The van der Waals surface area contributed by atoms with Crippen molar-refractivity contribution in [2.24, 2.45) is 5.10 Å². The predicted octanol–water partition coefficient (Wildman–Crippen LogP) is 5.53. The SMILES string of the molecule is C=CCOc1c(Br)cc(/C=N/NC(=O)c2cc3cc(OCC)ccc3o2)cc1I. The molecule has 1 aromatic heterocycles. The smallest absolute Gasteiger partial charge is 0.307 e. The molecular weight excluding hydrogens is 551 g/mol. The zero-order valence-electron chi connectivity index (χ0n) is 15.6. The Hall–Kier alpha value is -2.33. The molecule has 8 heteroatoms. The molecule has 3 rings (SSSR count). The molecule has 0 radical (unpaired) electrons. The van der Waals surface area contributed by atoms with Crippen LogP contribution < -0.4 is 14.9 Å². The summed E-state index contributed by atoms with van der Waals surface area (Å²) in [7, 11) is 0. The highest BCUT2D eigenvalue weighted by Crippen LogP contribution is 2.31. The lowest BCUT2D eigenvalue weighted by molar-refractivity contribution is 0.0929. The Morgan fingerprint density at radius 2 is 2.14 bits per heavy atom. The predicted molar refractivity (Wildman–Crippen MR) is 125 cm³/mol. The van der Waals surface area contributed by atoms with Gasteiger partial charge in [-0.15, -0.1) is 0 Å². The molecule has 0 saturated heterocycles. The summed E-state index contributed by atoms with van der Waals surface area (Å²) in [5.41, 5.74) is 3.89. The Kier molecular flexibility index (Phi) is 7.32. The van der Waals surface area contributed by atoms with Crippen LogP contribution in [0.5, 0.6) is 11.5 Å². The molecular formula is C21H18BrIN2O4. The molecule has 0 aliphatic carbocycles. The molecule has 0 fully saturated rings. The minimum atomic E-state index is -0.435. The van der Waals surface area contributed by atoms with Gasteiger partial charge in [-0.25, -0.2) is 5.43 Å². The van der Waals surface area contributed by atoms with Gasteiger partial charge in [-0.3, -0.25) is 4.79 Å². The third-order valence-electron chi connectivity index (χ3n) is 3.77. The monoisotopic (exact) mass is 568 g/mol. The summed E-state index contributed by atoms with van der Waals surface area (Å²) in [4.78, 5) is 12.3. The van der Waals surface area contributed by atoms with E-state index in [2.05, 4.69) is 55.6 Å². The van der Waals surface area contributed by atoms with Crippen molar-refractivity contribution in [2.45, 2.75) is 6.92 Å². The number of carbonyl (C=O) groups is 1. The van der Waals surface area contributed by atoms with Crippen molar-refractivity contribution in [3.05, 3.63) is 68.4 Å². The summed E-state index contributed by atoms with van der Waals surface area (Å²) < 4.78 is 18.4. The molecule has 0 saturated carbocycles. The first-order chi connectivity index (χ1) is 14.0. The van der Waals surface area contributed by atoms with Crippen molar-refractivity contribution < 1.29 is 18.7 Å². The lowest BCUT2D eigenvalue weighted by atomic mass is 10.2. The molecule has 29 heavy (non-hydrogen) atoms.